The minimum absolute atomic E-state index is 0.0207. The van der Waals surface area contributed by atoms with E-state index in [1.54, 1.807) is 36.5 Å². The Morgan fingerprint density at radius 1 is 0.968 bits per heavy atom. The highest BCUT2D eigenvalue weighted by molar-refractivity contribution is 7.89. The first-order valence-electron chi connectivity index (χ1n) is 10.4. The molecule has 3 heterocycles. The Kier molecular flexibility index (Phi) is 5.72. The van der Waals surface area contributed by atoms with Gasteiger partial charge in [-0.15, -0.1) is 0 Å². The molecule has 2 aromatic heterocycles. The molecular weight excluding hydrogens is 412 g/mol. The van der Waals surface area contributed by atoms with Gasteiger partial charge < -0.3 is 0 Å². The summed E-state index contributed by atoms with van der Waals surface area (Å²) in [6.45, 7) is 8.85. The Balaban J connectivity index is 1.43. The zero-order valence-corrected chi connectivity index (χ0v) is 19.0. The number of piperazine rings is 1. The van der Waals surface area contributed by atoms with Crippen molar-refractivity contribution in [3.63, 3.8) is 0 Å². The van der Waals surface area contributed by atoms with Crippen molar-refractivity contribution in [1.29, 1.82) is 0 Å². The van der Waals surface area contributed by atoms with E-state index in [0.717, 1.165) is 5.56 Å². The van der Waals surface area contributed by atoms with Crippen molar-refractivity contribution >= 4 is 15.7 Å². The molecule has 1 aliphatic rings. The third-order valence-corrected chi connectivity index (χ3v) is 7.61. The van der Waals surface area contributed by atoms with Crippen LogP contribution in [-0.4, -0.2) is 53.2 Å². The summed E-state index contributed by atoms with van der Waals surface area (Å²) in [5, 5.41) is 0. The first-order chi connectivity index (χ1) is 14.6. The lowest BCUT2D eigenvalue weighted by Crippen LogP contribution is -2.48. The minimum Gasteiger partial charge on any atom is -0.295 e. The summed E-state index contributed by atoms with van der Waals surface area (Å²) in [5.41, 5.74) is 2.29. The van der Waals surface area contributed by atoms with Crippen molar-refractivity contribution in [2.45, 2.75) is 37.6 Å². The zero-order valence-electron chi connectivity index (χ0n) is 18.2. The zero-order chi connectivity index (χ0) is 22.2. The number of benzene rings is 1. The van der Waals surface area contributed by atoms with E-state index in [4.69, 9.17) is 0 Å². The maximum atomic E-state index is 13.1. The first kappa shape index (κ1) is 21.7. The lowest BCUT2D eigenvalue weighted by molar-refractivity contribution is 0.180. The summed E-state index contributed by atoms with van der Waals surface area (Å²) in [6.07, 6.45) is 1.70. The van der Waals surface area contributed by atoms with E-state index in [-0.39, 0.29) is 11.0 Å². The predicted octanol–water partition coefficient (Wildman–Crippen LogP) is 2.50. The van der Waals surface area contributed by atoms with E-state index in [0.29, 0.717) is 49.0 Å². The number of rotatable bonds is 4. The van der Waals surface area contributed by atoms with Crippen molar-refractivity contribution < 1.29 is 8.42 Å². The van der Waals surface area contributed by atoms with Crippen LogP contribution in [0.3, 0.4) is 0 Å². The van der Waals surface area contributed by atoms with Crippen molar-refractivity contribution in [3.05, 3.63) is 76.3 Å². The fourth-order valence-corrected chi connectivity index (χ4v) is 5.24. The van der Waals surface area contributed by atoms with Crippen LogP contribution in [-0.2, 0) is 22.0 Å². The molecule has 0 radical (unpaired) electrons. The van der Waals surface area contributed by atoms with Gasteiger partial charge in [0.05, 0.1) is 10.6 Å². The molecule has 0 amide bonds. The average molecular weight is 441 g/mol. The van der Waals surface area contributed by atoms with Gasteiger partial charge in [-0.05, 0) is 35.2 Å². The third-order valence-electron chi connectivity index (χ3n) is 5.70. The van der Waals surface area contributed by atoms with Gasteiger partial charge >= 0.3 is 0 Å². The number of hydrogen-bond acceptors (Lipinski definition) is 5. The third kappa shape index (κ3) is 4.56. The highest BCUT2D eigenvalue weighted by atomic mass is 32.2. The van der Waals surface area contributed by atoms with Gasteiger partial charge in [0, 0.05) is 45.0 Å². The summed E-state index contributed by atoms with van der Waals surface area (Å²) < 4.78 is 29.2. The fourth-order valence-electron chi connectivity index (χ4n) is 3.82. The molecular formula is C23H28N4O3S. The topological polar surface area (TPSA) is 75.0 Å². The van der Waals surface area contributed by atoms with E-state index < -0.39 is 10.0 Å². The van der Waals surface area contributed by atoms with E-state index in [1.165, 1.54) is 8.71 Å². The summed E-state index contributed by atoms with van der Waals surface area (Å²) >= 11 is 0. The molecule has 0 bridgehead atoms. The second-order valence-corrected chi connectivity index (χ2v) is 10.9. The van der Waals surface area contributed by atoms with Crippen LogP contribution < -0.4 is 5.56 Å². The largest absolute Gasteiger partial charge is 0.295 e. The SMILES string of the molecule is CC(C)(C)c1ccc(S(=O)(=O)N2CCN(Cc3cc(=O)n4ccccc4n3)CC2)cc1. The van der Waals surface area contributed by atoms with Crippen LogP contribution >= 0.6 is 0 Å². The average Bonchev–Trinajstić information content (AvgIpc) is 2.74. The fraction of sp³-hybridized carbons (Fsp3) is 0.391. The van der Waals surface area contributed by atoms with E-state index in [1.807, 2.05) is 18.2 Å². The van der Waals surface area contributed by atoms with Gasteiger partial charge in [0.15, 0.2) is 0 Å². The molecule has 1 aliphatic heterocycles. The number of hydrogen-bond donors (Lipinski definition) is 0. The van der Waals surface area contributed by atoms with Crippen molar-refractivity contribution in [3.8, 4) is 0 Å². The Hall–Kier alpha value is -2.55. The normalized spacial score (nSPS) is 16.6. The number of fused-ring (bicyclic) bond motifs is 1. The quantitative estimate of drug-likeness (QED) is 0.623. The molecule has 0 atom stereocenters. The van der Waals surface area contributed by atoms with Gasteiger partial charge in [0.1, 0.15) is 5.65 Å². The van der Waals surface area contributed by atoms with Gasteiger partial charge in [-0.25, -0.2) is 13.4 Å². The highest BCUT2D eigenvalue weighted by Gasteiger charge is 2.29. The second kappa shape index (κ2) is 8.18. The number of nitrogens with zero attached hydrogens (tertiary/aromatic N) is 4. The Bertz CT molecular complexity index is 1240. The van der Waals surface area contributed by atoms with Crippen LogP contribution in [0, 0.1) is 0 Å². The number of sulfonamides is 1. The van der Waals surface area contributed by atoms with Gasteiger partial charge in [-0.3, -0.25) is 14.1 Å². The van der Waals surface area contributed by atoms with Gasteiger partial charge in [0.25, 0.3) is 5.56 Å². The molecule has 4 rings (SSSR count). The summed E-state index contributed by atoms with van der Waals surface area (Å²) in [6, 6.07) is 14.2. The van der Waals surface area contributed by atoms with Crippen LogP contribution in [0.25, 0.3) is 5.65 Å². The van der Waals surface area contributed by atoms with Crippen LogP contribution in [0.5, 0.6) is 0 Å². The van der Waals surface area contributed by atoms with Gasteiger partial charge in [0.2, 0.25) is 10.0 Å². The molecule has 0 saturated carbocycles. The second-order valence-electron chi connectivity index (χ2n) is 8.97. The maximum Gasteiger partial charge on any atom is 0.258 e. The smallest absolute Gasteiger partial charge is 0.258 e. The van der Waals surface area contributed by atoms with Crippen LogP contribution in [0.2, 0.25) is 0 Å². The molecule has 0 unspecified atom stereocenters. The van der Waals surface area contributed by atoms with Gasteiger partial charge in [-0.1, -0.05) is 39.0 Å². The molecule has 164 valence electrons. The van der Waals surface area contributed by atoms with E-state index >= 15 is 0 Å². The predicted molar refractivity (Wildman–Crippen MR) is 121 cm³/mol. The Morgan fingerprint density at radius 2 is 1.65 bits per heavy atom. The lowest BCUT2D eigenvalue weighted by Gasteiger charge is -2.33. The highest BCUT2D eigenvalue weighted by Crippen LogP contribution is 2.25. The first-order valence-corrected chi connectivity index (χ1v) is 11.9. The lowest BCUT2D eigenvalue weighted by atomic mass is 9.87. The van der Waals surface area contributed by atoms with Crippen LogP contribution in [0.1, 0.15) is 32.0 Å². The van der Waals surface area contributed by atoms with Crippen LogP contribution in [0.4, 0.5) is 0 Å². The summed E-state index contributed by atoms with van der Waals surface area (Å²) in [5.74, 6) is 0. The molecule has 8 heteroatoms. The molecule has 1 saturated heterocycles. The Labute approximate surface area is 183 Å². The van der Waals surface area contributed by atoms with Crippen molar-refractivity contribution in [2.24, 2.45) is 0 Å². The van der Waals surface area contributed by atoms with Crippen molar-refractivity contribution in [2.75, 3.05) is 26.2 Å². The van der Waals surface area contributed by atoms with Gasteiger partial charge in [-0.2, -0.15) is 4.31 Å². The van der Waals surface area contributed by atoms with E-state index in [2.05, 4.69) is 30.7 Å². The molecule has 0 spiro atoms. The van der Waals surface area contributed by atoms with Crippen molar-refractivity contribution in [1.82, 2.24) is 18.6 Å². The van der Waals surface area contributed by atoms with E-state index in [9.17, 15) is 13.2 Å². The number of pyridine rings is 1. The molecule has 3 aromatic rings. The molecule has 0 N–H and O–H groups in total. The molecule has 1 aromatic carbocycles. The molecule has 1 fully saturated rings. The standard InChI is InChI=1S/C23H28N4O3S/c1-23(2,3)18-7-9-20(10-8-18)31(29,30)26-14-12-25(13-15-26)17-19-16-22(28)27-11-5-4-6-21(27)24-19/h4-11,16H,12-15,17H2,1-3H3. The minimum atomic E-state index is -3.52. The van der Waals surface area contributed by atoms with Crippen LogP contribution in [0.15, 0.2) is 64.4 Å². The Morgan fingerprint density at radius 3 is 2.29 bits per heavy atom. The molecule has 7 nitrogen and oxygen atoms in total. The summed E-state index contributed by atoms with van der Waals surface area (Å²) in [7, 11) is -3.52. The maximum absolute atomic E-state index is 13.1. The summed E-state index contributed by atoms with van der Waals surface area (Å²) in [4.78, 5) is 19.3. The number of aromatic nitrogens is 2. The molecule has 0 aliphatic carbocycles. The molecule has 31 heavy (non-hydrogen) atoms. The monoisotopic (exact) mass is 440 g/mol.